The Morgan fingerprint density at radius 1 is 1.30 bits per heavy atom. The first-order valence-corrected chi connectivity index (χ1v) is 7.99. The van der Waals surface area contributed by atoms with Crippen LogP contribution in [-0.2, 0) is 6.54 Å². The molecule has 1 atom stereocenters. The molecule has 124 valence electrons. The molecule has 1 aliphatic heterocycles. The molecule has 23 heavy (non-hydrogen) atoms. The van der Waals surface area contributed by atoms with Crippen LogP contribution in [0.2, 0.25) is 0 Å². The number of nitrogens with zero attached hydrogens (tertiary/aromatic N) is 4. The SMILES string of the molecule is CN1CCN(Cc2cnn(-c3ccccc3F)c2)CC1CCO. The molecule has 0 spiro atoms. The Morgan fingerprint density at radius 2 is 2.13 bits per heavy atom. The van der Waals surface area contributed by atoms with Crippen molar-refractivity contribution in [3.63, 3.8) is 0 Å². The molecule has 2 heterocycles. The van der Waals surface area contributed by atoms with Gasteiger partial charge in [-0.2, -0.15) is 5.10 Å². The van der Waals surface area contributed by atoms with Crippen molar-refractivity contribution in [1.82, 2.24) is 19.6 Å². The summed E-state index contributed by atoms with van der Waals surface area (Å²) in [5.41, 5.74) is 1.54. The summed E-state index contributed by atoms with van der Waals surface area (Å²) < 4.78 is 15.4. The Labute approximate surface area is 135 Å². The molecule has 1 saturated heterocycles. The Kier molecular flexibility index (Phi) is 5.05. The molecule has 6 heteroatoms. The second-order valence-corrected chi connectivity index (χ2v) is 6.13. The van der Waals surface area contributed by atoms with Crippen LogP contribution in [0, 0.1) is 5.82 Å². The monoisotopic (exact) mass is 318 g/mol. The number of halogens is 1. The normalized spacial score (nSPS) is 20.0. The maximum absolute atomic E-state index is 13.8. The van der Waals surface area contributed by atoms with Crippen LogP contribution in [0.3, 0.4) is 0 Å². The highest BCUT2D eigenvalue weighted by atomic mass is 19.1. The van der Waals surface area contributed by atoms with Crippen molar-refractivity contribution in [2.75, 3.05) is 33.3 Å². The van der Waals surface area contributed by atoms with Gasteiger partial charge in [-0.25, -0.2) is 9.07 Å². The minimum atomic E-state index is -0.273. The van der Waals surface area contributed by atoms with Crippen LogP contribution in [0.4, 0.5) is 4.39 Å². The summed E-state index contributed by atoms with van der Waals surface area (Å²) in [5, 5.41) is 13.5. The third kappa shape index (κ3) is 3.77. The number of benzene rings is 1. The zero-order valence-electron chi connectivity index (χ0n) is 13.4. The third-order valence-corrected chi connectivity index (χ3v) is 4.47. The lowest BCUT2D eigenvalue weighted by atomic mass is 10.1. The molecule has 1 unspecified atom stereocenters. The highest BCUT2D eigenvalue weighted by Gasteiger charge is 2.24. The van der Waals surface area contributed by atoms with Crippen molar-refractivity contribution in [3.05, 3.63) is 48.0 Å². The van der Waals surface area contributed by atoms with E-state index in [4.69, 9.17) is 0 Å². The van der Waals surface area contributed by atoms with Crippen molar-refractivity contribution in [2.24, 2.45) is 0 Å². The van der Waals surface area contributed by atoms with Crippen LogP contribution in [0.5, 0.6) is 0 Å². The average molecular weight is 318 g/mol. The molecule has 1 aromatic heterocycles. The largest absolute Gasteiger partial charge is 0.396 e. The van der Waals surface area contributed by atoms with Gasteiger partial charge in [0.25, 0.3) is 0 Å². The first-order chi connectivity index (χ1) is 11.2. The Hall–Kier alpha value is -1.76. The molecule has 1 aromatic carbocycles. The van der Waals surface area contributed by atoms with Gasteiger partial charge >= 0.3 is 0 Å². The van der Waals surface area contributed by atoms with Gasteiger partial charge < -0.3 is 10.0 Å². The lowest BCUT2D eigenvalue weighted by molar-refractivity contribution is 0.0743. The Bertz CT molecular complexity index is 645. The molecule has 0 radical (unpaired) electrons. The van der Waals surface area contributed by atoms with Crippen molar-refractivity contribution < 1.29 is 9.50 Å². The van der Waals surface area contributed by atoms with Crippen molar-refractivity contribution in [1.29, 1.82) is 0 Å². The van der Waals surface area contributed by atoms with Gasteiger partial charge in [0.1, 0.15) is 11.5 Å². The van der Waals surface area contributed by atoms with Crippen LogP contribution >= 0.6 is 0 Å². The lowest BCUT2D eigenvalue weighted by Crippen LogP contribution is -2.51. The molecule has 0 amide bonds. The summed E-state index contributed by atoms with van der Waals surface area (Å²) in [5.74, 6) is -0.273. The second kappa shape index (κ2) is 7.21. The summed E-state index contributed by atoms with van der Waals surface area (Å²) in [7, 11) is 2.11. The van der Waals surface area contributed by atoms with E-state index in [0.29, 0.717) is 11.7 Å². The van der Waals surface area contributed by atoms with Gasteiger partial charge in [0, 0.05) is 50.6 Å². The van der Waals surface area contributed by atoms with Gasteiger partial charge in [-0.1, -0.05) is 12.1 Å². The van der Waals surface area contributed by atoms with E-state index in [1.54, 1.807) is 29.1 Å². The van der Waals surface area contributed by atoms with Crippen LogP contribution in [-0.4, -0.2) is 64.0 Å². The van der Waals surface area contributed by atoms with E-state index in [1.165, 1.54) is 6.07 Å². The molecule has 0 saturated carbocycles. The summed E-state index contributed by atoms with van der Waals surface area (Å²) in [6.45, 7) is 3.93. The minimum Gasteiger partial charge on any atom is -0.396 e. The maximum Gasteiger partial charge on any atom is 0.148 e. The van der Waals surface area contributed by atoms with E-state index in [2.05, 4.69) is 21.9 Å². The van der Waals surface area contributed by atoms with E-state index in [0.717, 1.165) is 38.2 Å². The number of piperazine rings is 1. The fourth-order valence-electron chi connectivity index (χ4n) is 3.08. The second-order valence-electron chi connectivity index (χ2n) is 6.13. The van der Waals surface area contributed by atoms with Crippen LogP contribution < -0.4 is 0 Å². The number of rotatable bonds is 5. The number of hydrogen-bond acceptors (Lipinski definition) is 4. The predicted octanol–water partition coefficient (Wildman–Crippen LogP) is 1.51. The lowest BCUT2D eigenvalue weighted by Gasteiger charge is -2.39. The van der Waals surface area contributed by atoms with Crippen molar-refractivity contribution in [3.8, 4) is 5.69 Å². The highest BCUT2D eigenvalue weighted by Crippen LogP contribution is 2.16. The summed E-state index contributed by atoms with van der Waals surface area (Å²) >= 11 is 0. The fraction of sp³-hybridized carbons (Fsp3) is 0.471. The zero-order chi connectivity index (χ0) is 16.2. The zero-order valence-corrected chi connectivity index (χ0v) is 13.4. The minimum absolute atomic E-state index is 0.216. The van der Waals surface area contributed by atoms with Gasteiger partial charge in [-0.05, 0) is 25.6 Å². The molecule has 1 aliphatic rings. The van der Waals surface area contributed by atoms with Crippen molar-refractivity contribution >= 4 is 0 Å². The van der Waals surface area contributed by atoms with Crippen LogP contribution in [0.1, 0.15) is 12.0 Å². The van der Waals surface area contributed by atoms with Crippen LogP contribution in [0.15, 0.2) is 36.7 Å². The molecule has 5 nitrogen and oxygen atoms in total. The molecule has 1 fully saturated rings. The maximum atomic E-state index is 13.8. The average Bonchev–Trinajstić information content (AvgIpc) is 2.99. The number of hydrogen-bond donors (Lipinski definition) is 1. The summed E-state index contributed by atoms with van der Waals surface area (Å²) in [4.78, 5) is 4.67. The highest BCUT2D eigenvalue weighted by molar-refractivity contribution is 5.32. The quantitative estimate of drug-likeness (QED) is 0.908. The van der Waals surface area contributed by atoms with Gasteiger partial charge in [-0.15, -0.1) is 0 Å². The Morgan fingerprint density at radius 3 is 2.91 bits per heavy atom. The van der Waals surface area contributed by atoms with E-state index in [-0.39, 0.29) is 12.4 Å². The molecular formula is C17H23FN4O. The van der Waals surface area contributed by atoms with Gasteiger partial charge in [-0.3, -0.25) is 4.90 Å². The molecular weight excluding hydrogens is 295 g/mol. The number of aromatic nitrogens is 2. The van der Waals surface area contributed by atoms with Gasteiger partial charge in [0.15, 0.2) is 0 Å². The van der Waals surface area contributed by atoms with E-state index in [9.17, 15) is 9.50 Å². The number of para-hydroxylation sites is 1. The molecule has 2 aromatic rings. The summed E-state index contributed by atoms with van der Waals surface area (Å²) in [6.07, 6.45) is 4.48. The molecule has 1 N–H and O–H groups in total. The summed E-state index contributed by atoms with van der Waals surface area (Å²) in [6, 6.07) is 7.03. The molecule has 0 bridgehead atoms. The topological polar surface area (TPSA) is 44.5 Å². The fourth-order valence-corrected chi connectivity index (χ4v) is 3.08. The number of aliphatic hydroxyl groups is 1. The predicted molar refractivity (Wildman–Crippen MR) is 86.9 cm³/mol. The molecule has 0 aliphatic carbocycles. The third-order valence-electron chi connectivity index (χ3n) is 4.47. The Balaban J connectivity index is 1.66. The van der Waals surface area contributed by atoms with Gasteiger partial charge in [0.05, 0.1) is 6.20 Å². The smallest absolute Gasteiger partial charge is 0.148 e. The van der Waals surface area contributed by atoms with E-state index in [1.807, 2.05) is 6.20 Å². The number of likely N-dealkylation sites (N-methyl/N-ethyl adjacent to an activating group) is 1. The van der Waals surface area contributed by atoms with E-state index >= 15 is 0 Å². The van der Waals surface area contributed by atoms with Crippen LogP contribution in [0.25, 0.3) is 5.69 Å². The van der Waals surface area contributed by atoms with E-state index < -0.39 is 0 Å². The number of aliphatic hydroxyl groups excluding tert-OH is 1. The standard InChI is InChI=1S/C17H23FN4O/c1-20-7-8-21(13-15(20)6-9-23)11-14-10-19-22(12-14)17-5-3-2-4-16(17)18/h2-5,10,12,15,23H,6-9,11,13H2,1H3. The first-order valence-electron chi connectivity index (χ1n) is 7.99. The first kappa shape index (κ1) is 16.1. The van der Waals surface area contributed by atoms with Crippen molar-refractivity contribution in [2.45, 2.75) is 19.0 Å². The van der Waals surface area contributed by atoms with Gasteiger partial charge in [0.2, 0.25) is 0 Å². The molecule has 3 rings (SSSR count).